The summed E-state index contributed by atoms with van der Waals surface area (Å²) in [4.78, 5) is 1.03. The fraction of sp³-hybridized carbons (Fsp3) is 0.250. The highest BCUT2D eigenvalue weighted by atomic mass is 32.1. The van der Waals surface area contributed by atoms with Crippen molar-refractivity contribution in [2.45, 2.75) is 16.4 Å². The van der Waals surface area contributed by atoms with Gasteiger partial charge in [-0.25, -0.2) is 0 Å². The van der Waals surface area contributed by atoms with Crippen molar-refractivity contribution in [3.63, 3.8) is 0 Å². The van der Waals surface area contributed by atoms with E-state index in [1.54, 1.807) is 0 Å². The summed E-state index contributed by atoms with van der Waals surface area (Å²) in [6.45, 7) is 0. The molecule has 0 aliphatic rings. The molecule has 1 aromatic rings. The minimum atomic E-state index is 0.737. The standard InChI is InChI=1S/C8H10S3/c9-4-6-2-1-3-7(5-10)8(6)11/h1-3,9-11H,4-5H2. The van der Waals surface area contributed by atoms with Crippen LogP contribution in [-0.4, -0.2) is 0 Å². The Morgan fingerprint density at radius 3 is 1.82 bits per heavy atom. The van der Waals surface area contributed by atoms with Crippen molar-refractivity contribution in [2.75, 3.05) is 0 Å². The summed E-state index contributed by atoms with van der Waals surface area (Å²) in [7, 11) is 0. The Bertz CT molecular complexity index is 223. The molecular weight excluding hydrogens is 192 g/mol. The lowest BCUT2D eigenvalue weighted by atomic mass is 10.1. The molecule has 0 N–H and O–H groups in total. The van der Waals surface area contributed by atoms with Gasteiger partial charge in [0, 0.05) is 16.4 Å². The fourth-order valence-corrected chi connectivity index (χ4v) is 1.98. The lowest BCUT2D eigenvalue weighted by molar-refractivity contribution is 1.19. The summed E-state index contributed by atoms with van der Waals surface area (Å²) >= 11 is 12.8. The lowest BCUT2D eigenvalue weighted by Crippen LogP contribution is -1.86. The van der Waals surface area contributed by atoms with Gasteiger partial charge in [-0.2, -0.15) is 25.3 Å². The summed E-state index contributed by atoms with van der Waals surface area (Å²) in [5.41, 5.74) is 2.34. The van der Waals surface area contributed by atoms with Crippen LogP contribution >= 0.6 is 37.9 Å². The first-order valence-electron chi connectivity index (χ1n) is 3.31. The Labute approximate surface area is 83.6 Å². The largest absolute Gasteiger partial charge is 0.175 e. The Balaban J connectivity index is 3.10. The average Bonchev–Trinajstić information content (AvgIpc) is 2.05. The quantitative estimate of drug-likeness (QED) is 0.604. The molecule has 0 atom stereocenters. The molecule has 0 aliphatic heterocycles. The molecule has 0 aromatic heterocycles. The van der Waals surface area contributed by atoms with Gasteiger partial charge in [0.25, 0.3) is 0 Å². The van der Waals surface area contributed by atoms with E-state index >= 15 is 0 Å². The van der Waals surface area contributed by atoms with Crippen molar-refractivity contribution >= 4 is 37.9 Å². The number of benzene rings is 1. The number of hydrogen-bond acceptors (Lipinski definition) is 3. The zero-order valence-electron chi connectivity index (χ0n) is 5.99. The van der Waals surface area contributed by atoms with Crippen LogP contribution in [-0.2, 0) is 11.5 Å². The van der Waals surface area contributed by atoms with Crippen LogP contribution in [0.2, 0.25) is 0 Å². The molecule has 0 bridgehead atoms. The van der Waals surface area contributed by atoms with Crippen LogP contribution < -0.4 is 0 Å². The SMILES string of the molecule is SCc1cccc(CS)c1S. The molecule has 11 heavy (non-hydrogen) atoms. The predicted octanol–water partition coefficient (Wildman–Crippen LogP) is 2.83. The van der Waals surface area contributed by atoms with Crippen LogP contribution in [0.4, 0.5) is 0 Å². The van der Waals surface area contributed by atoms with E-state index in [0.717, 1.165) is 16.4 Å². The normalized spacial score (nSPS) is 10.1. The molecule has 0 spiro atoms. The van der Waals surface area contributed by atoms with Gasteiger partial charge >= 0.3 is 0 Å². The molecule has 1 aromatic carbocycles. The Morgan fingerprint density at radius 2 is 1.45 bits per heavy atom. The van der Waals surface area contributed by atoms with Crippen molar-refractivity contribution in [2.24, 2.45) is 0 Å². The third-order valence-corrected chi connectivity index (χ3v) is 2.80. The van der Waals surface area contributed by atoms with Gasteiger partial charge in [-0.3, -0.25) is 0 Å². The average molecular weight is 202 g/mol. The van der Waals surface area contributed by atoms with Crippen LogP contribution in [0.1, 0.15) is 11.1 Å². The van der Waals surface area contributed by atoms with Crippen molar-refractivity contribution in [1.29, 1.82) is 0 Å². The predicted molar refractivity (Wildman–Crippen MR) is 59.1 cm³/mol. The molecule has 0 heterocycles. The van der Waals surface area contributed by atoms with Crippen molar-refractivity contribution in [3.8, 4) is 0 Å². The zero-order chi connectivity index (χ0) is 8.27. The molecule has 0 radical (unpaired) electrons. The summed E-state index contributed by atoms with van der Waals surface area (Å²) in [5, 5.41) is 0. The second-order valence-electron chi connectivity index (χ2n) is 2.24. The van der Waals surface area contributed by atoms with E-state index < -0.39 is 0 Å². The van der Waals surface area contributed by atoms with E-state index in [9.17, 15) is 0 Å². The highest BCUT2D eigenvalue weighted by Crippen LogP contribution is 2.21. The fourth-order valence-electron chi connectivity index (χ4n) is 0.900. The van der Waals surface area contributed by atoms with Crippen LogP contribution in [0.15, 0.2) is 23.1 Å². The smallest absolute Gasteiger partial charge is 0.0165 e. The van der Waals surface area contributed by atoms with E-state index in [4.69, 9.17) is 0 Å². The first kappa shape index (κ1) is 9.36. The van der Waals surface area contributed by atoms with Gasteiger partial charge in [-0.15, -0.1) is 12.6 Å². The van der Waals surface area contributed by atoms with E-state index in [2.05, 4.69) is 37.9 Å². The maximum Gasteiger partial charge on any atom is 0.0165 e. The molecule has 3 heteroatoms. The monoisotopic (exact) mass is 202 g/mol. The molecular formula is C8H10S3. The van der Waals surface area contributed by atoms with Crippen LogP contribution in [0, 0.1) is 0 Å². The molecule has 0 amide bonds. The van der Waals surface area contributed by atoms with Crippen LogP contribution in [0.25, 0.3) is 0 Å². The topological polar surface area (TPSA) is 0 Å². The Hall–Kier alpha value is 0.270. The van der Waals surface area contributed by atoms with E-state index in [1.165, 1.54) is 11.1 Å². The Morgan fingerprint density at radius 1 is 1.00 bits per heavy atom. The number of rotatable bonds is 2. The summed E-state index contributed by atoms with van der Waals surface area (Å²) < 4.78 is 0. The maximum atomic E-state index is 4.37. The molecule has 0 aliphatic carbocycles. The van der Waals surface area contributed by atoms with E-state index in [0.29, 0.717) is 0 Å². The minimum absolute atomic E-state index is 0.737. The molecule has 1 rings (SSSR count). The second-order valence-corrected chi connectivity index (χ2v) is 3.32. The second kappa shape index (κ2) is 4.33. The Kier molecular flexibility index (Phi) is 3.69. The highest BCUT2D eigenvalue weighted by molar-refractivity contribution is 7.81. The van der Waals surface area contributed by atoms with Gasteiger partial charge in [0.2, 0.25) is 0 Å². The summed E-state index contributed by atoms with van der Waals surface area (Å²) in [5.74, 6) is 1.47. The minimum Gasteiger partial charge on any atom is -0.175 e. The van der Waals surface area contributed by atoms with Gasteiger partial charge in [0.1, 0.15) is 0 Å². The van der Waals surface area contributed by atoms with Crippen LogP contribution in [0.3, 0.4) is 0 Å². The molecule has 0 nitrogen and oxygen atoms in total. The summed E-state index contributed by atoms with van der Waals surface area (Å²) in [6.07, 6.45) is 0. The maximum absolute atomic E-state index is 4.37. The number of hydrogen-bond donors (Lipinski definition) is 3. The van der Waals surface area contributed by atoms with Gasteiger partial charge in [0.15, 0.2) is 0 Å². The van der Waals surface area contributed by atoms with Gasteiger partial charge in [0.05, 0.1) is 0 Å². The van der Waals surface area contributed by atoms with Crippen molar-refractivity contribution in [1.82, 2.24) is 0 Å². The summed E-state index contributed by atoms with van der Waals surface area (Å²) in [6, 6.07) is 6.07. The first-order chi connectivity index (χ1) is 5.29. The highest BCUT2D eigenvalue weighted by Gasteiger charge is 2.00. The van der Waals surface area contributed by atoms with Crippen molar-refractivity contribution < 1.29 is 0 Å². The lowest BCUT2D eigenvalue weighted by Gasteiger charge is -2.05. The molecule has 0 saturated carbocycles. The molecule has 0 fully saturated rings. The van der Waals surface area contributed by atoms with Gasteiger partial charge in [-0.05, 0) is 11.1 Å². The van der Waals surface area contributed by atoms with Crippen molar-refractivity contribution in [3.05, 3.63) is 29.3 Å². The third-order valence-electron chi connectivity index (χ3n) is 1.54. The van der Waals surface area contributed by atoms with Crippen LogP contribution in [0.5, 0.6) is 0 Å². The van der Waals surface area contributed by atoms with E-state index in [1.807, 2.05) is 18.2 Å². The number of thiol groups is 3. The van der Waals surface area contributed by atoms with E-state index in [-0.39, 0.29) is 0 Å². The van der Waals surface area contributed by atoms with Gasteiger partial charge in [-0.1, -0.05) is 18.2 Å². The molecule has 0 unspecified atom stereocenters. The third kappa shape index (κ3) is 2.10. The molecule has 0 saturated heterocycles. The zero-order valence-corrected chi connectivity index (χ0v) is 8.67. The molecule has 60 valence electrons. The first-order valence-corrected chi connectivity index (χ1v) is 5.02. The van der Waals surface area contributed by atoms with Gasteiger partial charge < -0.3 is 0 Å².